The number of piperazine rings is 1. The number of hydrogen-bond acceptors (Lipinski definition) is 6. The molecule has 1 aliphatic rings. The van der Waals surface area contributed by atoms with Crippen LogP contribution in [0.1, 0.15) is 26.4 Å². The second-order valence-corrected chi connectivity index (χ2v) is 8.75. The van der Waals surface area contributed by atoms with E-state index in [4.69, 9.17) is 4.74 Å². The van der Waals surface area contributed by atoms with E-state index in [9.17, 15) is 4.79 Å². The van der Waals surface area contributed by atoms with Gasteiger partial charge in [-0.25, -0.2) is 5.43 Å². The van der Waals surface area contributed by atoms with Gasteiger partial charge in [0, 0.05) is 43.2 Å². The van der Waals surface area contributed by atoms with Gasteiger partial charge < -0.3 is 9.64 Å². The number of amides is 1. The summed E-state index contributed by atoms with van der Waals surface area (Å²) in [6.07, 6.45) is 1.69. The highest BCUT2D eigenvalue weighted by atomic mass is 32.1. The minimum Gasteiger partial charge on any atom is -0.495 e. The van der Waals surface area contributed by atoms with Crippen molar-refractivity contribution in [1.82, 2.24) is 10.3 Å². The second-order valence-electron chi connectivity index (χ2n) is 7.80. The molecule has 0 radical (unpaired) electrons. The zero-order valence-corrected chi connectivity index (χ0v) is 19.3. The number of benzene rings is 2. The van der Waals surface area contributed by atoms with E-state index in [-0.39, 0.29) is 5.91 Å². The van der Waals surface area contributed by atoms with Crippen LogP contribution in [0.4, 0.5) is 5.69 Å². The van der Waals surface area contributed by atoms with E-state index in [2.05, 4.69) is 32.5 Å². The Morgan fingerprint density at radius 1 is 1.09 bits per heavy atom. The Balaban J connectivity index is 1.27. The molecule has 0 unspecified atom stereocenters. The van der Waals surface area contributed by atoms with Crippen LogP contribution in [-0.4, -0.2) is 50.3 Å². The van der Waals surface area contributed by atoms with E-state index in [1.807, 2.05) is 54.8 Å². The number of rotatable bonds is 7. The Bertz CT molecular complexity index is 1070. The van der Waals surface area contributed by atoms with Crippen LogP contribution in [0, 0.1) is 6.92 Å². The summed E-state index contributed by atoms with van der Waals surface area (Å²) in [4.78, 5) is 18.2. The molecule has 0 aliphatic carbocycles. The second kappa shape index (κ2) is 10.4. The fourth-order valence-corrected chi connectivity index (χ4v) is 4.57. The molecule has 1 fully saturated rings. The summed E-state index contributed by atoms with van der Waals surface area (Å²) in [5.74, 6) is 0.720. The predicted molar refractivity (Wildman–Crippen MR) is 131 cm³/mol. The number of ether oxygens (including phenoxy) is 1. The summed E-state index contributed by atoms with van der Waals surface area (Å²) in [5, 5.41) is 6.08. The number of anilines is 1. The SMILES string of the molecule is COc1ccccc1N1CCN(Cc2ccc(C(=O)N/N=C\c3sccc3C)cc2)CC1. The number of aryl methyl sites for hydroxylation is 1. The molecule has 0 atom stereocenters. The largest absolute Gasteiger partial charge is 0.495 e. The number of para-hydroxylation sites is 2. The standard InChI is InChI=1S/C25H28N4O2S/c1-19-11-16-32-24(19)17-26-27-25(30)21-9-7-20(8-10-21)18-28-12-14-29(15-13-28)22-5-3-4-6-23(22)31-2/h3-11,16-17H,12-15,18H2,1-2H3,(H,27,30)/b26-17-. The van der Waals surface area contributed by atoms with Gasteiger partial charge in [-0.15, -0.1) is 11.3 Å². The number of thiophene rings is 1. The van der Waals surface area contributed by atoms with E-state index >= 15 is 0 Å². The number of carbonyl (C=O) groups excluding carboxylic acids is 1. The Hall–Kier alpha value is -3.16. The molecule has 0 bridgehead atoms. The van der Waals surface area contributed by atoms with Gasteiger partial charge in [-0.1, -0.05) is 24.3 Å². The summed E-state index contributed by atoms with van der Waals surface area (Å²) < 4.78 is 5.50. The maximum Gasteiger partial charge on any atom is 0.271 e. The maximum atomic E-state index is 12.3. The fraction of sp³-hybridized carbons (Fsp3) is 0.280. The number of hydrazone groups is 1. The summed E-state index contributed by atoms with van der Waals surface area (Å²) in [6.45, 7) is 6.79. The first kappa shape index (κ1) is 22.0. The molecule has 0 spiro atoms. The number of nitrogens with one attached hydrogen (secondary N) is 1. The van der Waals surface area contributed by atoms with Gasteiger partial charge in [0.15, 0.2) is 0 Å². The van der Waals surface area contributed by atoms with Crippen LogP contribution in [0.25, 0.3) is 0 Å². The highest BCUT2D eigenvalue weighted by Crippen LogP contribution is 2.28. The molecule has 3 aromatic rings. The predicted octanol–water partition coefficient (Wildman–Crippen LogP) is 4.15. The van der Waals surface area contributed by atoms with Crippen molar-refractivity contribution in [1.29, 1.82) is 0 Å². The monoisotopic (exact) mass is 448 g/mol. The third kappa shape index (κ3) is 5.36. The zero-order chi connectivity index (χ0) is 22.3. The molecule has 32 heavy (non-hydrogen) atoms. The first-order valence-corrected chi connectivity index (χ1v) is 11.6. The Labute approximate surface area is 193 Å². The average molecular weight is 449 g/mol. The zero-order valence-electron chi connectivity index (χ0n) is 18.5. The van der Waals surface area contributed by atoms with Gasteiger partial charge in [-0.05, 0) is 53.8 Å². The molecular weight excluding hydrogens is 420 g/mol. The van der Waals surface area contributed by atoms with E-state index in [1.165, 1.54) is 5.56 Å². The van der Waals surface area contributed by atoms with E-state index in [1.54, 1.807) is 24.7 Å². The fourth-order valence-electron chi connectivity index (χ4n) is 3.79. The summed E-state index contributed by atoms with van der Waals surface area (Å²) >= 11 is 1.60. The van der Waals surface area contributed by atoms with Crippen LogP contribution < -0.4 is 15.1 Å². The molecule has 1 aliphatic heterocycles. The van der Waals surface area contributed by atoms with Gasteiger partial charge >= 0.3 is 0 Å². The van der Waals surface area contributed by atoms with Crippen molar-refractivity contribution in [3.8, 4) is 5.75 Å². The molecule has 1 N–H and O–H groups in total. The Kier molecular flexibility index (Phi) is 7.19. The molecule has 6 nitrogen and oxygen atoms in total. The third-order valence-corrected chi connectivity index (χ3v) is 6.62. The van der Waals surface area contributed by atoms with Crippen LogP contribution in [0.15, 0.2) is 65.1 Å². The van der Waals surface area contributed by atoms with Crippen LogP contribution in [0.5, 0.6) is 5.75 Å². The van der Waals surface area contributed by atoms with Crippen molar-refractivity contribution < 1.29 is 9.53 Å². The Morgan fingerprint density at radius 2 is 1.84 bits per heavy atom. The highest BCUT2D eigenvalue weighted by Gasteiger charge is 2.19. The molecule has 2 heterocycles. The lowest BCUT2D eigenvalue weighted by atomic mass is 10.1. The topological polar surface area (TPSA) is 57.2 Å². The molecule has 0 saturated carbocycles. The van der Waals surface area contributed by atoms with Gasteiger partial charge in [-0.3, -0.25) is 9.69 Å². The molecule has 1 aromatic heterocycles. The lowest BCUT2D eigenvalue weighted by Gasteiger charge is -2.36. The summed E-state index contributed by atoms with van der Waals surface area (Å²) in [7, 11) is 1.72. The van der Waals surface area contributed by atoms with Crippen LogP contribution in [0.3, 0.4) is 0 Å². The number of carbonyl (C=O) groups is 1. The number of methoxy groups -OCH3 is 1. The van der Waals surface area contributed by atoms with Crippen molar-refractivity contribution in [2.45, 2.75) is 13.5 Å². The first-order chi connectivity index (χ1) is 15.6. The number of hydrogen-bond donors (Lipinski definition) is 1. The molecule has 2 aromatic carbocycles. The molecular formula is C25H28N4O2S. The highest BCUT2D eigenvalue weighted by molar-refractivity contribution is 7.11. The Morgan fingerprint density at radius 3 is 2.53 bits per heavy atom. The quantitative estimate of drug-likeness (QED) is 0.436. The van der Waals surface area contributed by atoms with Crippen molar-refractivity contribution in [2.75, 3.05) is 38.2 Å². The molecule has 166 valence electrons. The van der Waals surface area contributed by atoms with Crippen LogP contribution in [0.2, 0.25) is 0 Å². The van der Waals surface area contributed by atoms with E-state index < -0.39 is 0 Å². The normalized spacial score (nSPS) is 14.6. The van der Waals surface area contributed by atoms with Crippen molar-refractivity contribution >= 4 is 29.1 Å². The maximum absolute atomic E-state index is 12.3. The van der Waals surface area contributed by atoms with E-state index in [0.717, 1.165) is 54.6 Å². The molecule has 4 rings (SSSR count). The average Bonchev–Trinajstić information content (AvgIpc) is 3.24. The lowest BCUT2D eigenvalue weighted by Crippen LogP contribution is -2.46. The van der Waals surface area contributed by atoms with Crippen LogP contribution >= 0.6 is 11.3 Å². The molecule has 7 heteroatoms. The van der Waals surface area contributed by atoms with Gasteiger partial charge in [0.05, 0.1) is 19.0 Å². The van der Waals surface area contributed by atoms with Gasteiger partial charge in [-0.2, -0.15) is 5.10 Å². The summed E-state index contributed by atoms with van der Waals surface area (Å²) in [6, 6.07) is 18.0. The minimum absolute atomic E-state index is 0.201. The van der Waals surface area contributed by atoms with Gasteiger partial charge in [0.1, 0.15) is 5.75 Å². The smallest absolute Gasteiger partial charge is 0.271 e. The van der Waals surface area contributed by atoms with E-state index in [0.29, 0.717) is 5.56 Å². The minimum atomic E-state index is -0.201. The number of nitrogens with zero attached hydrogens (tertiary/aromatic N) is 3. The van der Waals surface area contributed by atoms with Crippen molar-refractivity contribution in [3.05, 3.63) is 81.5 Å². The van der Waals surface area contributed by atoms with Crippen LogP contribution in [-0.2, 0) is 6.54 Å². The van der Waals surface area contributed by atoms with Crippen molar-refractivity contribution in [2.24, 2.45) is 5.10 Å². The van der Waals surface area contributed by atoms with Gasteiger partial charge in [0.2, 0.25) is 0 Å². The van der Waals surface area contributed by atoms with Crippen molar-refractivity contribution in [3.63, 3.8) is 0 Å². The lowest BCUT2D eigenvalue weighted by molar-refractivity contribution is 0.0955. The molecule has 1 saturated heterocycles. The third-order valence-electron chi connectivity index (χ3n) is 5.67. The molecule has 1 amide bonds. The van der Waals surface area contributed by atoms with Gasteiger partial charge in [0.25, 0.3) is 5.91 Å². The first-order valence-electron chi connectivity index (χ1n) is 10.7. The summed E-state index contributed by atoms with van der Waals surface area (Å²) in [5.41, 5.74) is 6.72.